The third-order valence-corrected chi connectivity index (χ3v) is 2.86. The molecule has 18 heavy (non-hydrogen) atoms. The second kappa shape index (κ2) is 5.91. The quantitative estimate of drug-likeness (QED) is 0.719. The molecule has 1 heterocycles. The lowest BCUT2D eigenvalue weighted by Crippen LogP contribution is -2.12. The van der Waals surface area contributed by atoms with Gasteiger partial charge in [-0.05, 0) is 19.8 Å². The summed E-state index contributed by atoms with van der Waals surface area (Å²) in [6.45, 7) is 2.75. The van der Waals surface area contributed by atoms with E-state index in [1.165, 1.54) is 0 Å². The molecule has 0 atom stereocenters. The van der Waals surface area contributed by atoms with Crippen molar-refractivity contribution in [1.82, 2.24) is 9.97 Å². The van der Waals surface area contributed by atoms with E-state index in [0.29, 0.717) is 31.1 Å². The minimum atomic E-state index is -0.322. The maximum atomic E-state index is 11.8. The zero-order valence-electron chi connectivity index (χ0n) is 10.8. The minimum Gasteiger partial charge on any atom is -0.462 e. The standard InChI is InChI=1S/C13H18N2O3/c1-3-18-13(16)10-8-14-11(6-7-17-2)15-12(10)9-4-5-9/h8-9H,3-7H2,1-2H3. The number of methoxy groups -OCH3 is 1. The molecule has 5 nitrogen and oxygen atoms in total. The van der Waals surface area contributed by atoms with Crippen molar-refractivity contribution in [1.29, 1.82) is 0 Å². The van der Waals surface area contributed by atoms with E-state index in [1.54, 1.807) is 20.2 Å². The molecule has 0 aromatic carbocycles. The molecule has 0 unspecified atom stereocenters. The average Bonchev–Trinajstić information content (AvgIpc) is 3.20. The Morgan fingerprint density at radius 2 is 2.28 bits per heavy atom. The largest absolute Gasteiger partial charge is 0.462 e. The molecule has 1 saturated carbocycles. The van der Waals surface area contributed by atoms with Gasteiger partial charge in [0.2, 0.25) is 0 Å². The van der Waals surface area contributed by atoms with E-state index < -0.39 is 0 Å². The molecule has 0 bridgehead atoms. The normalized spacial score (nSPS) is 14.6. The zero-order chi connectivity index (χ0) is 13.0. The van der Waals surface area contributed by atoms with Crippen LogP contribution in [-0.4, -0.2) is 36.3 Å². The Labute approximate surface area is 107 Å². The number of hydrogen-bond acceptors (Lipinski definition) is 5. The van der Waals surface area contributed by atoms with Crippen molar-refractivity contribution >= 4 is 5.97 Å². The molecule has 2 rings (SSSR count). The molecule has 0 aliphatic heterocycles. The van der Waals surface area contributed by atoms with Crippen molar-refractivity contribution in [3.05, 3.63) is 23.3 Å². The second-order valence-corrected chi connectivity index (χ2v) is 4.32. The van der Waals surface area contributed by atoms with E-state index in [2.05, 4.69) is 9.97 Å². The number of carbonyl (C=O) groups is 1. The van der Waals surface area contributed by atoms with Gasteiger partial charge < -0.3 is 9.47 Å². The van der Waals surface area contributed by atoms with Crippen molar-refractivity contribution in [2.45, 2.75) is 32.1 Å². The van der Waals surface area contributed by atoms with Crippen LogP contribution in [0.2, 0.25) is 0 Å². The number of rotatable bonds is 6. The molecular formula is C13H18N2O3. The predicted octanol–water partition coefficient (Wildman–Crippen LogP) is 1.72. The van der Waals surface area contributed by atoms with Gasteiger partial charge in [0, 0.05) is 25.6 Å². The third kappa shape index (κ3) is 3.04. The van der Waals surface area contributed by atoms with Crippen molar-refractivity contribution in [2.24, 2.45) is 0 Å². The molecule has 1 aromatic rings. The molecule has 1 fully saturated rings. The van der Waals surface area contributed by atoms with Crippen LogP contribution in [-0.2, 0) is 15.9 Å². The summed E-state index contributed by atoms with van der Waals surface area (Å²) in [5.74, 6) is 0.804. The second-order valence-electron chi connectivity index (χ2n) is 4.32. The number of aromatic nitrogens is 2. The van der Waals surface area contributed by atoms with Gasteiger partial charge in [0.1, 0.15) is 5.82 Å². The van der Waals surface area contributed by atoms with Crippen LogP contribution in [0, 0.1) is 0 Å². The molecule has 1 aromatic heterocycles. The van der Waals surface area contributed by atoms with E-state index in [-0.39, 0.29) is 5.97 Å². The first kappa shape index (κ1) is 13.0. The van der Waals surface area contributed by atoms with Crippen molar-refractivity contribution < 1.29 is 14.3 Å². The van der Waals surface area contributed by atoms with Crippen LogP contribution in [0.3, 0.4) is 0 Å². The summed E-state index contributed by atoms with van der Waals surface area (Å²) >= 11 is 0. The summed E-state index contributed by atoms with van der Waals surface area (Å²) in [5.41, 5.74) is 1.36. The molecule has 0 N–H and O–H groups in total. The highest BCUT2D eigenvalue weighted by Crippen LogP contribution is 2.40. The molecule has 98 valence electrons. The monoisotopic (exact) mass is 250 g/mol. The third-order valence-electron chi connectivity index (χ3n) is 2.86. The first-order valence-electron chi connectivity index (χ1n) is 6.28. The number of carbonyl (C=O) groups excluding carboxylic acids is 1. The lowest BCUT2D eigenvalue weighted by molar-refractivity contribution is 0.0523. The van der Waals surface area contributed by atoms with Crippen LogP contribution in [0.5, 0.6) is 0 Å². The van der Waals surface area contributed by atoms with Gasteiger partial charge in [0.15, 0.2) is 0 Å². The fraction of sp³-hybridized carbons (Fsp3) is 0.615. The Bertz CT molecular complexity index is 430. The van der Waals surface area contributed by atoms with Crippen molar-refractivity contribution in [3.63, 3.8) is 0 Å². The highest BCUT2D eigenvalue weighted by molar-refractivity contribution is 5.90. The number of ether oxygens (including phenoxy) is 2. The minimum absolute atomic E-state index is 0.322. The summed E-state index contributed by atoms with van der Waals surface area (Å²) < 4.78 is 10.0. The van der Waals surface area contributed by atoms with Gasteiger partial charge in [-0.1, -0.05) is 0 Å². The van der Waals surface area contributed by atoms with Crippen LogP contribution < -0.4 is 0 Å². The van der Waals surface area contributed by atoms with E-state index in [0.717, 1.165) is 24.4 Å². The van der Waals surface area contributed by atoms with E-state index in [9.17, 15) is 4.79 Å². The van der Waals surface area contributed by atoms with Crippen molar-refractivity contribution in [2.75, 3.05) is 20.3 Å². The van der Waals surface area contributed by atoms with Crippen LogP contribution in [0.15, 0.2) is 6.20 Å². The number of hydrogen-bond donors (Lipinski definition) is 0. The molecule has 5 heteroatoms. The van der Waals surface area contributed by atoms with Crippen molar-refractivity contribution in [3.8, 4) is 0 Å². The van der Waals surface area contributed by atoms with Gasteiger partial charge in [-0.3, -0.25) is 0 Å². The van der Waals surface area contributed by atoms with Gasteiger partial charge >= 0.3 is 5.97 Å². The van der Waals surface area contributed by atoms with E-state index >= 15 is 0 Å². The highest BCUT2D eigenvalue weighted by atomic mass is 16.5. The Morgan fingerprint density at radius 3 is 2.89 bits per heavy atom. The van der Waals surface area contributed by atoms with Gasteiger partial charge in [0.05, 0.1) is 24.5 Å². The molecule has 0 saturated heterocycles. The van der Waals surface area contributed by atoms with Crippen LogP contribution >= 0.6 is 0 Å². The zero-order valence-corrected chi connectivity index (χ0v) is 10.8. The molecule has 0 spiro atoms. The van der Waals surface area contributed by atoms with Gasteiger partial charge in [-0.25, -0.2) is 14.8 Å². The SMILES string of the molecule is CCOC(=O)c1cnc(CCOC)nc1C1CC1. The van der Waals surface area contributed by atoms with E-state index in [1.807, 2.05) is 0 Å². The molecule has 1 aliphatic carbocycles. The van der Waals surface area contributed by atoms with Crippen LogP contribution in [0.4, 0.5) is 0 Å². The topological polar surface area (TPSA) is 61.3 Å². The van der Waals surface area contributed by atoms with Gasteiger partial charge in [-0.2, -0.15) is 0 Å². The summed E-state index contributed by atoms with van der Waals surface area (Å²) in [7, 11) is 1.65. The fourth-order valence-corrected chi connectivity index (χ4v) is 1.78. The number of esters is 1. The van der Waals surface area contributed by atoms with E-state index in [4.69, 9.17) is 9.47 Å². The molecule has 1 aliphatic rings. The highest BCUT2D eigenvalue weighted by Gasteiger charge is 2.30. The lowest BCUT2D eigenvalue weighted by atomic mass is 10.1. The average molecular weight is 250 g/mol. The molecule has 0 amide bonds. The summed E-state index contributed by atoms with van der Waals surface area (Å²) in [5, 5.41) is 0. The molecule has 0 radical (unpaired) electrons. The Balaban J connectivity index is 2.21. The number of nitrogens with zero attached hydrogens (tertiary/aromatic N) is 2. The maximum Gasteiger partial charge on any atom is 0.341 e. The van der Waals surface area contributed by atoms with Gasteiger partial charge in [-0.15, -0.1) is 0 Å². The Hall–Kier alpha value is -1.49. The Kier molecular flexibility index (Phi) is 4.25. The summed E-state index contributed by atoms with van der Waals surface area (Å²) in [6.07, 6.45) is 4.43. The predicted molar refractivity (Wildman–Crippen MR) is 65.5 cm³/mol. The van der Waals surface area contributed by atoms with Crippen LogP contribution in [0.25, 0.3) is 0 Å². The summed E-state index contributed by atoms with van der Waals surface area (Å²) in [4.78, 5) is 20.5. The fourth-order valence-electron chi connectivity index (χ4n) is 1.78. The maximum absolute atomic E-state index is 11.8. The van der Waals surface area contributed by atoms with Crippen LogP contribution in [0.1, 0.15) is 47.6 Å². The summed E-state index contributed by atoms with van der Waals surface area (Å²) in [6, 6.07) is 0. The lowest BCUT2D eigenvalue weighted by Gasteiger charge is -2.08. The smallest absolute Gasteiger partial charge is 0.341 e. The van der Waals surface area contributed by atoms with Gasteiger partial charge in [0.25, 0.3) is 0 Å². The molecular weight excluding hydrogens is 232 g/mol. The first-order valence-corrected chi connectivity index (χ1v) is 6.28. The Morgan fingerprint density at radius 1 is 1.50 bits per heavy atom. The first-order chi connectivity index (χ1) is 8.76.